The van der Waals surface area contributed by atoms with Gasteiger partial charge in [0.25, 0.3) is 0 Å². The predicted molar refractivity (Wildman–Crippen MR) is 90.4 cm³/mol. The Kier molecular flexibility index (Phi) is 4.38. The van der Waals surface area contributed by atoms with Gasteiger partial charge in [0.05, 0.1) is 0 Å². The minimum Gasteiger partial charge on any atom is -0.424 e. The van der Waals surface area contributed by atoms with E-state index in [1.807, 2.05) is 0 Å². The summed E-state index contributed by atoms with van der Waals surface area (Å²) in [5.41, 5.74) is 3.12. The molecule has 1 aromatic carbocycles. The van der Waals surface area contributed by atoms with Crippen LogP contribution in [0.4, 0.5) is 5.88 Å². The molecule has 0 unspecified atom stereocenters. The highest BCUT2D eigenvalue weighted by atomic mass is 16.4. The molecular formula is C19H23N3O. The van der Waals surface area contributed by atoms with Gasteiger partial charge in [-0.05, 0) is 25.3 Å². The molecule has 0 atom stereocenters. The van der Waals surface area contributed by atoms with Gasteiger partial charge in [-0.1, -0.05) is 49.1 Å². The van der Waals surface area contributed by atoms with Crippen LogP contribution in [-0.2, 0) is 5.41 Å². The predicted octanol–water partition coefficient (Wildman–Crippen LogP) is 4.48. The number of aryl methyl sites for hydroxylation is 2. The molecule has 1 saturated carbocycles. The van der Waals surface area contributed by atoms with Crippen LogP contribution in [0.25, 0.3) is 0 Å². The monoisotopic (exact) mass is 309 g/mol. The molecule has 0 spiro atoms. The minimum absolute atomic E-state index is 0.110. The normalized spacial score (nSPS) is 16.7. The molecule has 0 bridgehead atoms. The van der Waals surface area contributed by atoms with E-state index in [2.05, 4.69) is 47.6 Å². The van der Waals surface area contributed by atoms with E-state index in [4.69, 9.17) is 9.68 Å². The summed E-state index contributed by atoms with van der Waals surface area (Å²) in [5, 5.41) is 12.5. The molecule has 0 amide bonds. The van der Waals surface area contributed by atoms with E-state index in [9.17, 15) is 0 Å². The van der Waals surface area contributed by atoms with Crippen LogP contribution in [0, 0.1) is 25.2 Å². The molecule has 120 valence electrons. The van der Waals surface area contributed by atoms with Crippen LogP contribution in [-0.4, -0.2) is 11.5 Å². The molecule has 1 N–H and O–H groups in total. The molecule has 1 heterocycles. The lowest BCUT2D eigenvalue weighted by Gasteiger charge is -2.38. The Balaban J connectivity index is 1.85. The van der Waals surface area contributed by atoms with E-state index < -0.39 is 0 Å². The molecule has 1 aromatic heterocycles. The largest absolute Gasteiger partial charge is 0.424 e. The van der Waals surface area contributed by atoms with Crippen molar-refractivity contribution in [1.29, 1.82) is 5.26 Å². The summed E-state index contributed by atoms with van der Waals surface area (Å²) in [6, 6.07) is 11.0. The molecular weight excluding hydrogens is 286 g/mol. The summed E-state index contributed by atoms with van der Waals surface area (Å²) in [5.74, 6) is 1.03. The molecule has 4 heteroatoms. The average Bonchev–Trinajstić information content (AvgIpc) is 2.94. The van der Waals surface area contributed by atoms with Gasteiger partial charge in [0.2, 0.25) is 11.6 Å². The lowest BCUT2D eigenvalue weighted by atomic mass is 9.69. The molecule has 0 radical (unpaired) electrons. The summed E-state index contributed by atoms with van der Waals surface area (Å²) >= 11 is 0. The van der Waals surface area contributed by atoms with Crippen molar-refractivity contribution in [2.24, 2.45) is 0 Å². The first-order valence-electron chi connectivity index (χ1n) is 8.31. The summed E-state index contributed by atoms with van der Waals surface area (Å²) in [7, 11) is 0. The first kappa shape index (κ1) is 15.6. The third kappa shape index (κ3) is 3.24. The fourth-order valence-corrected chi connectivity index (χ4v) is 3.58. The van der Waals surface area contributed by atoms with Crippen LogP contribution in [0.1, 0.15) is 54.8 Å². The van der Waals surface area contributed by atoms with Gasteiger partial charge < -0.3 is 9.73 Å². The van der Waals surface area contributed by atoms with Gasteiger partial charge in [-0.25, -0.2) is 4.98 Å². The van der Waals surface area contributed by atoms with Gasteiger partial charge in [-0.3, -0.25) is 0 Å². The van der Waals surface area contributed by atoms with Gasteiger partial charge >= 0.3 is 0 Å². The molecule has 2 aromatic rings. The molecule has 23 heavy (non-hydrogen) atoms. The summed E-state index contributed by atoms with van der Waals surface area (Å²) in [6.07, 6.45) is 6.13. The number of aromatic nitrogens is 1. The fourth-order valence-electron chi connectivity index (χ4n) is 3.58. The fraction of sp³-hybridized carbons (Fsp3) is 0.474. The first-order valence-corrected chi connectivity index (χ1v) is 8.31. The van der Waals surface area contributed by atoms with Crippen LogP contribution in [0.15, 0.2) is 28.7 Å². The van der Waals surface area contributed by atoms with Crippen molar-refractivity contribution < 1.29 is 4.42 Å². The number of oxazole rings is 1. The average molecular weight is 309 g/mol. The van der Waals surface area contributed by atoms with Gasteiger partial charge in [0, 0.05) is 18.9 Å². The highest BCUT2D eigenvalue weighted by Gasteiger charge is 2.34. The number of nitrogens with zero attached hydrogens (tertiary/aromatic N) is 2. The maximum Gasteiger partial charge on any atom is 0.232 e. The van der Waals surface area contributed by atoms with Crippen LogP contribution in [0.2, 0.25) is 0 Å². The SMILES string of the molecule is Cc1ccc(C2(CNc3oc(C)nc3C#N)CCCCC2)cc1. The van der Waals surface area contributed by atoms with Crippen LogP contribution in [0.5, 0.6) is 0 Å². The van der Waals surface area contributed by atoms with Gasteiger partial charge in [0.15, 0.2) is 5.89 Å². The smallest absolute Gasteiger partial charge is 0.232 e. The Bertz CT molecular complexity index is 703. The Hall–Kier alpha value is -2.28. The zero-order valence-electron chi connectivity index (χ0n) is 13.9. The molecule has 0 saturated heterocycles. The lowest BCUT2D eigenvalue weighted by Crippen LogP contribution is -2.36. The zero-order chi connectivity index (χ0) is 16.3. The van der Waals surface area contributed by atoms with E-state index in [0.29, 0.717) is 17.5 Å². The number of hydrogen-bond acceptors (Lipinski definition) is 4. The Morgan fingerprint density at radius 3 is 2.52 bits per heavy atom. The Morgan fingerprint density at radius 2 is 1.87 bits per heavy atom. The standard InChI is InChI=1S/C19H23N3O/c1-14-6-8-16(9-7-14)19(10-4-3-5-11-19)13-21-18-17(12-20)22-15(2)23-18/h6-9,21H,3-5,10-11,13H2,1-2H3. The number of rotatable bonds is 4. The molecule has 1 aliphatic rings. The van der Waals surface area contributed by atoms with Crippen molar-refractivity contribution in [3.05, 3.63) is 47.0 Å². The van der Waals surface area contributed by atoms with Crippen LogP contribution in [0.3, 0.4) is 0 Å². The topological polar surface area (TPSA) is 61.9 Å². The highest BCUT2D eigenvalue weighted by molar-refractivity contribution is 5.46. The van der Waals surface area contributed by atoms with Crippen molar-refractivity contribution in [2.75, 3.05) is 11.9 Å². The highest BCUT2D eigenvalue weighted by Crippen LogP contribution is 2.40. The van der Waals surface area contributed by atoms with Crippen LogP contribution >= 0.6 is 0 Å². The molecule has 1 aliphatic carbocycles. The van der Waals surface area contributed by atoms with Crippen LogP contribution < -0.4 is 5.32 Å². The van der Waals surface area contributed by atoms with Crippen molar-refractivity contribution >= 4 is 5.88 Å². The number of anilines is 1. The van der Waals surface area contributed by atoms with Crippen molar-refractivity contribution in [3.8, 4) is 6.07 Å². The maximum absolute atomic E-state index is 9.17. The third-order valence-electron chi connectivity index (χ3n) is 4.90. The van der Waals surface area contributed by atoms with Crippen molar-refractivity contribution in [1.82, 2.24) is 4.98 Å². The second-order valence-electron chi connectivity index (χ2n) is 6.58. The van der Waals surface area contributed by atoms with E-state index in [-0.39, 0.29) is 5.41 Å². The van der Waals surface area contributed by atoms with E-state index in [1.54, 1.807) is 6.92 Å². The summed E-state index contributed by atoms with van der Waals surface area (Å²) in [4.78, 5) is 4.11. The second-order valence-corrected chi connectivity index (χ2v) is 6.58. The van der Waals surface area contributed by atoms with E-state index in [1.165, 1.54) is 30.4 Å². The quantitative estimate of drug-likeness (QED) is 0.904. The zero-order valence-corrected chi connectivity index (χ0v) is 13.9. The number of hydrogen-bond donors (Lipinski definition) is 1. The van der Waals surface area contributed by atoms with Gasteiger partial charge in [0.1, 0.15) is 6.07 Å². The molecule has 4 nitrogen and oxygen atoms in total. The Labute approximate surface area is 137 Å². The number of nitriles is 1. The Morgan fingerprint density at radius 1 is 1.17 bits per heavy atom. The maximum atomic E-state index is 9.17. The van der Waals surface area contributed by atoms with Crippen molar-refractivity contribution in [2.45, 2.75) is 51.4 Å². The number of nitrogens with one attached hydrogen (secondary N) is 1. The van der Waals surface area contributed by atoms with Gasteiger partial charge in [-0.2, -0.15) is 5.26 Å². The summed E-state index contributed by atoms with van der Waals surface area (Å²) in [6.45, 7) is 4.66. The minimum atomic E-state index is 0.110. The summed E-state index contributed by atoms with van der Waals surface area (Å²) < 4.78 is 5.55. The van der Waals surface area contributed by atoms with Gasteiger partial charge in [-0.15, -0.1) is 0 Å². The molecule has 3 rings (SSSR count). The number of benzene rings is 1. The van der Waals surface area contributed by atoms with E-state index >= 15 is 0 Å². The molecule has 0 aliphatic heterocycles. The lowest BCUT2D eigenvalue weighted by molar-refractivity contribution is 0.306. The molecule has 1 fully saturated rings. The second kappa shape index (κ2) is 6.45. The first-order chi connectivity index (χ1) is 11.1. The van der Waals surface area contributed by atoms with Crippen molar-refractivity contribution in [3.63, 3.8) is 0 Å². The van der Waals surface area contributed by atoms with E-state index in [0.717, 1.165) is 19.4 Å². The third-order valence-corrected chi connectivity index (χ3v) is 4.90.